The van der Waals surface area contributed by atoms with E-state index in [4.69, 9.17) is 9.97 Å². The normalized spacial score (nSPS) is 14.5. The molecular weight excluding hydrogens is 567 g/mol. The molecule has 8 aromatic rings. The molecule has 0 unspecified atom stereocenters. The molecule has 0 amide bonds. The van der Waals surface area contributed by atoms with Crippen molar-refractivity contribution in [2.75, 3.05) is 0 Å². The van der Waals surface area contributed by atoms with Crippen LogP contribution in [0.5, 0.6) is 0 Å². The van der Waals surface area contributed by atoms with Gasteiger partial charge in [0.15, 0.2) is 0 Å². The van der Waals surface area contributed by atoms with Gasteiger partial charge in [-0.1, -0.05) is 128 Å². The highest BCUT2D eigenvalue weighted by Gasteiger charge is 2.27. The summed E-state index contributed by atoms with van der Waals surface area (Å²) in [6, 6.07) is 40.6. The number of allylic oxidation sites excluding steroid dienone is 5. The molecule has 0 fully saturated rings. The number of nitrogens with zero attached hydrogens (tertiary/aromatic N) is 3. The number of para-hydroxylation sites is 1. The zero-order chi connectivity index (χ0) is 29.9. The second-order valence-electron chi connectivity index (χ2n) is 11.4. The lowest BCUT2D eigenvalue weighted by molar-refractivity contribution is 0.991. The van der Waals surface area contributed by atoms with E-state index in [-0.39, 0.29) is 0 Å². The van der Waals surface area contributed by atoms with E-state index < -0.39 is 0 Å². The van der Waals surface area contributed by atoms with Gasteiger partial charge in [0, 0.05) is 32.0 Å². The van der Waals surface area contributed by atoms with Crippen LogP contribution in [0.1, 0.15) is 11.1 Å². The van der Waals surface area contributed by atoms with Gasteiger partial charge in [0.25, 0.3) is 0 Å². The van der Waals surface area contributed by atoms with Crippen LogP contribution in [-0.2, 0) is 6.42 Å². The van der Waals surface area contributed by atoms with Crippen LogP contribution in [-0.4, -0.2) is 14.5 Å². The third-order valence-electron chi connectivity index (χ3n) is 8.80. The monoisotopic (exact) mass is 593 g/mol. The number of hydrogen-bond acceptors (Lipinski definition) is 3. The van der Waals surface area contributed by atoms with Crippen molar-refractivity contribution < 1.29 is 0 Å². The fourth-order valence-corrected chi connectivity index (χ4v) is 8.04. The first kappa shape index (κ1) is 25.9. The first-order chi connectivity index (χ1) is 22.3. The number of benzene rings is 5. The average Bonchev–Trinajstić information content (AvgIpc) is 3.63. The second-order valence-corrected chi connectivity index (χ2v) is 12.5. The lowest BCUT2D eigenvalue weighted by Gasteiger charge is -2.16. The van der Waals surface area contributed by atoms with Crippen LogP contribution in [0.2, 0.25) is 0 Å². The third kappa shape index (κ3) is 4.03. The van der Waals surface area contributed by atoms with E-state index in [1.807, 2.05) is 17.4 Å². The highest BCUT2D eigenvalue weighted by Crippen LogP contribution is 2.47. The van der Waals surface area contributed by atoms with Gasteiger partial charge >= 0.3 is 0 Å². The minimum atomic E-state index is 0.656. The largest absolute Gasteiger partial charge is 0.276 e. The minimum Gasteiger partial charge on any atom is -0.276 e. The predicted octanol–water partition coefficient (Wildman–Crippen LogP) is 11.0. The summed E-state index contributed by atoms with van der Waals surface area (Å²) in [4.78, 5) is 12.1. The summed E-state index contributed by atoms with van der Waals surface area (Å²) < 4.78 is 3.56. The fraction of sp³-hybridized carbons (Fsp3) is 0.0244. The quantitative estimate of drug-likeness (QED) is 0.187. The summed E-state index contributed by atoms with van der Waals surface area (Å²) in [5, 5.41) is 5.74. The number of hydrogen-bond donors (Lipinski definition) is 0. The van der Waals surface area contributed by atoms with Crippen LogP contribution in [0.25, 0.3) is 76.0 Å². The standard InChI is InChI=1S/C41H27N3S/c1-26-14-4-2-7-20-31-30-19-11-13-23-35(30)45-40(31)39-36(26)32-21-10-12-22-34(32)44(39)41-42-37(28-16-5-3-6-17-28)33-25-24-27-15-8-9-18-29(27)38(33)43-41/h2-19,21-25H,1,20H2/b7-2-,14-4-. The fourth-order valence-electron chi connectivity index (χ4n) is 6.77. The van der Waals surface area contributed by atoms with Gasteiger partial charge in [0.1, 0.15) is 0 Å². The molecule has 3 heterocycles. The lowest BCUT2D eigenvalue weighted by Crippen LogP contribution is -2.06. The molecule has 0 atom stereocenters. The number of thiophene rings is 1. The maximum absolute atomic E-state index is 5.43. The SMILES string of the molecule is C=C1/C=C\C=C/Cc2c(sc3ccccc23)-c2c1c1ccccc1n2-c1nc(-c2ccccc2)c2ccc3ccccc3c2n1. The van der Waals surface area contributed by atoms with E-state index in [1.165, 1.54) is 20.5 Å². The maximum atomic E-state index is 5.43. The number of fused-ring (bicyclic) bond motifs is 10. The van der Waals surface area contributed by atoms with Crippen molar-refractivity contribution in [2.45, 2.75) is 6.42 Å². The molecule has 0 saturated heterocycles. The minimum absolute atomic E-state index is 0.656. The average molecular weight is 594 g/mol. The Bertz CT molecular complexity index is 2530. The third-order valence-corrected chi connectivity index (χ3v) is 10.0. The Morgan fingerprint density at radius 3 is 2.31 bits per heavy atom. The molecule has 1 aliphatic carbocycles. The number of rotatable bonds is 2. The van der Waals surface area contributed by atoms with Gasteiger partial charge in [-0.05, 0) is 46.5 Å². The zero-order valence-electron chi connectivity index (χ0n) is 24.4. The van der Waals surface area contributed by atoms with Crippen molar-refractivity contribution in [2.24, 2.45) is 0 Å². The molecule has 0 aliphatic heterocycles. The summed E-state index contributed by atoms with van der Waals surface area (Å²) >= 11 is 1.84. The lowest BCUT2D eigenvalue weighted by atomic mass is 9.97. The van der Waals surface area contributed by atoms with Crippen molar-refractivity contribution in [3.63, 3.8) is 0 Å². The van der Waals surface area contributed by atoms with Gasteiger partial charge in [-0.15, -0.1) is 11.3 Å². The van der Waals surface area contributed by atoms with E-state index in [2.05, 4.69) is 145 Å². The Morgan fingerprint density at radius 2 is 1.42 bits per heavy atom. The van der Waals surface area contributed by atoms with E-state index >= 15 is 0 Å². The zero-order valence-corrected chi connectivity index (χ0v) is 25.3. The van der Waals surface area contributed by atoms with Crippen LogP contribution in [0.4, 0.5) is 0 Å². The van der Waals surface area contributed by atoms with Gasteiger partial charge in [-0.3, -0.25) is 4.57 Å². The second kappa shape index (κ2) is 10.3. The molecule has 45 heavy (non-hydrogen) atoms. The van der Waals surface area contributed by atoms with Crippen molar-refractivity contribution in [3.8, 4) is 27.8 Å². The molecule has 0 radical (unpaired) electrons. The van der Waals surface area contributed by atoms with Crippen molar-refractivity contribution in [1.82, 2.24) is 14.5 Å². The molecule has 0 saturated carbocycles. The van der Waals surface area contributed by atoms with Crippen LogP contribution in [0.15, 0.2) is 146 Å². The Balaban J connectivity index is 1.48. The highest BCUT2D eigenvalue weighted by molar-refractivity contribution is 7.22. The summed E-state index contributed by atoms with van der Waals surface area (Å²) in [6.45, 7) is 4.60. The van der Waals surface area contributed by atoms with E-state index in [9.17, 15) is 0 Å². The highest BCUT2D eigenvalue weighted by atomic mass is 32.1. The summed E-state index contributed by atoms with van der Waals surface area (Å²) in [6.07, 6.45) is 9.43. The Hall–Kier alpha value is -5.58. The van der Waals surface area contributed by atoms with Gasteiger partial charge < -0.3 is 0 Å². The topological polar surface area (TPSA) is 30.7 Å². The molecule has 4 heteroatoms. The predicted molar refractivity (Wildman–Crippen MR) is 191 cm³/mol. The molecule has 0 N–H and O–H groups in total. The molecule has 3 nitrogen and oxygen atoms in total. The smallest absolute Gasteiger partial charge is 0.235 e. The first-order valence-electron chi connectivity index (χ1n) is 15.2. The molecule has 0 bridgehead atoms. The van der Waals surface area contributed by atoms with Crippen molar-refractivity contribution in [1.29, 1.82) is 0 Å². The Labute approximate surface area is 264 Å². The van der Waals surface area contributed by atoms with E-state index in [0.717, 1.165) is 67.1 Å². The van der Waals surface area contributed by atoms with Crippen molar-refractivity contribution in [3.05, 3.63) is 157 Å². The van der Waals surface area contributed by atoms with Crippen LogP contribution >= 0.6 is 11.3 Å². The summed E-state index contributed by atoms with van der Waals surface area (Å²) in [5.74, 6) is 0.656. The summed E-state index contributed by atoms with van der Waals surface area (Å²) in [7, 11) is 0. The summed E-state index contributed by atoms with van der Waals surface area (Å²) in [5.41, 5.74) is 8.48. The van der Waals surface area contributed by atoms with Gasteiger partial charge in [-0.25, -0.2) is 9.97 Å². The molecule has 3 aromatic heterocycles. The molecule has 1 aliphatic rings. The van der Waals surface area contributed by atoms with Crippen LogP contribution < -0.4 is 0 Å². The number of aromatic nitrogens is 3. The van der Waals surface area contributed by atoms with Crippen LogP contribution in [0, 0.1) is 0 Å². The molecule has 5 aromatic carbocycles. The van der Waals surface area contributed by atoms with E-state index in [0.29, 0.717) is 5.95 Å². The van der Waals surface area contributed by atoms with Gasteiger partial charge in [0.2, 0.25) is 5.95 Å². The van der Waals surface area contributed by atoms with Crippen LogP contribution in [0.3, 0.4) is 0 Å². The maximum Gasteiger partial charge on any atom is 0.235 e. The van der Waals surface area contributed by atoms with E-state index in [1.54, 1.807) is 0 Å². The molecular formula is C41H27N3S. The molecule has 9 rings (SSSR count). The van der Waals surface area contributed by atoms with Gasteiger partial charge in [0.05, 0.1) is 27.3 Å². The Morgan fingerprint density at radius 1 is 0.667 bits per heavy atom. The molecule has 0 spiro atoms. The molecule has 212 valence electrons. The Kier molecular flexibility index (Phi) is 5.90. The van der Waals surface area contributed by atoms with Gasteiger partial charge in [-0.2, -0.15) is 0 Å². The first-order valence-corrected chi connectivity index (χ1v) is 16.0. The van der Waals surface area contributed by atoms with Crippen molar-refractivity contribution >= 4 is 59.6 Å².